The van der Waals surface area contributed by atoms with E-state index in [-0.39, 0.29) is 0 Å². The molecule has 6 heteroatoms. The van der Waals surface area contributed by atoms with Crippen molar-refractivity contribution in [2.75, 3.05) is 0 Å². The van der Waals surface area contributed by atoms with Gasteiger partial charge in [0.15, 0.2) is 5.65 Å². The number of aromatic nitrogens is 5. The lowest BCUT2D eigenvalue weighted by Crippen LogP contribution is -2.38. The topological polar surface area (TPSA) is 56.5 Å². The molecule has 0 saturated heterocycles. The maximum Gasteiger partial charge on any atom is 0.160 e. The first-order valence-electron chi connectivity index (χ1n) is 14.2. The molecule has 0 spiro atoms. The van der Waals surface area contributed by atoms with Crippen LogP contribution in [0.2, 0.25) is 5.02 Å². The van der Waals surface area contributed by atoms with Gasteiger partial charge in [-0.1, -0.05) is 109 Å². The molecule has 5 nitrogen and oxygen atoms in total. The molecule has 0 bridgehead atoms. The second kappa shape index (κ2) is 10.9. The smallest absolute Gasteiger partial charge is 0.160 e. The summed E-state index contributed by atoms with van der Waals surface area (Å²) in [5.41, 5.74) is 8.44. The normalized spacial score (nSPS) is 11.6. The highest BCUT2D eigenvalue weighted by Crippen LogP contribution is 2.43. The lowest BCUT2D eigenvalue weighted by atomic mass is 9.77. The van der Waals surface area contributed by atoms with Gasteiger partial charge in [-0.25, -0.2) is 9.67 Å². The highest BCUT2D eigenvalue weighted by Gasteiger charge is 2.41. The molecule has 208 valence electrons. The van der Waals surface area contributed by atoms with Gasteiger partial charge in [-0.15, -0.1) is 0 Å². The monoisotopic (exact) mass is 577 g/mol. The van der Waals surface area contributed by atoms with Crippen LogP contribution in [0.15, 0.2) is 134 Å². The first-order chi connectivity index (χ1) is 21.1. The molecule has 0 atom stereocenters. The zero-order chi connectivity index (χ0) is 29.4. The molecule has 0 unspecified atom stereocenters. The number of rotatable bonds is 6. The summed E-state index contributed by atoms with van der Waals surface area (Å²) in [6.07, 6.45) is 3.55. The quantitative estimate of drug-likeness (QED) is 0.186. The predicted octanol–water partition coefficient (Wildman–Crippen LogP) is 8.67. The number of pyridine rings is 3. The summed E-state index contributed by atoms with van der Waals surface area (Å²) in [6, 6.07) is 41.5. The average Bonchev–Trinajstić information content (AvgIpc) is 3.43. The summed E-state index contributed by atoms with van der Waals surface area (Å²) in [4.78, 5) is 14.5. The largest absolute Gasteiger partial charge is 0.254 e. The van der Waals surface area contributed by atoms with Gasteiger partial charge in [0.25, 0.3) is 0 Å². The van der Waals surface area contributed by atoms with Gasteiger partial charge in [0.05, 0.1) is 21.8 Å². The molecule has 7 aromatic rings. The van der Waals surface area contributed by atoms with Crippen LogP contribution in [0.1, 0.15) is 27.9 Å². The zero-order valence-corrected chi connectivity index (χ0v) is 24.6. The summed E-state index contributed by atoms with van der Waals surface area (Å²) in [5.74, 6) is 0. The second-order valence-corrected chi connectivity index (χ2v) is 11.1. The van der Waals surface area contributed by atoms with Crippen LogP contribution in [0.4, 0.5) is 0 Å². The van der Waals surface area contributed by atoms with Crippen LogP contribution >= 0.6 is 11.6 Å². The summed E-state index contributed by atoms with van der Waals surface area (Å²) in [6.45, 7) is 4.06. The average molecular weight is 578 g/mol. The molecule has 7 rings (SSSR count). The Kier molecular flexibility index (Phi) is 6.80. The van der Waals surface area contributed by atoms with Gasteiger partial charge in [-0.3, -0.25) is 9.97 Å². The molecular formula is C37H28ClN5. The Labute approximate surface area is 255 Å². The van der Waals surface area contributed by atoms with Gasteiger partial charge in [-0.2, -0.15) is 5.10 Å². The van der Waals surface area contributed by atoms with Crippen molar-refractivity contribution < 1.29 is 0 Å². The third-order valence-corrected chi connectivity index (χ3v) is 8.10. The van der Waals surface area contributed by atoms with Crippen molar-refractivity contribution in [3.8, 4) is 22.6 Å². The Morgan fingerprint density at radius 2 is 1.23 bits per heavy atom. The van der Waals surface area contributed by atoms with E-state index < -0.39 is 5.54 Å². The highest BCUT2D eigenvalue weighted by molar-refractivity contribution is 6.31. The fraction of sp³-hybridized carbons (Fsp3) is 0.0811. The molecule has 3 aromatic carbocycles. The molecule has 0 radical (unpaired) electrons. The maximum atomic E-state index is 6.56. The van der Waals surface area contributed by atoms with E-state index in [1.165, 1.54) is 0 Å². The molecule has 0 saturated carbocycles. The van der Waals surface area contributed by atoms with Gasteiger partial charge in [0.2, 0.25) is 0 Å². The molecule has 4 heterocycles. The van der Waals surface area contributed by atoms with Gasteiger partial charge >= 0.3 is 0 Å². The minimum absolute atomic E-state index is 0.536. The minimum Gasteiger partial charge on any atom is -0.254 e. The summed E-state index contributed by atoms with van der Waals surface area (Å²) >= 11 is 6.56. The first-order valence-corrected chi connectivity index (χ1v) is 14.6. The van der Waals surface area contributed by atoms with Crippen molar-refractivity contribution in [2.45, 2.75) is 19.4 Å². The Morgan fingerprint density at radius 3 is 1.79 bits per heavy atom. The van der Waals surface area contributed by atoms with Crippen molar-refractivity contribution >= 4 is 22.6 Å². The molecule has 4 aromatic heterocycles. The van der Waals surface area contributed by atoms with Gasteiger partial charge in [0, 0.05) is 23.7 Å². The fourth-order valence-corrected chi connectivity index (χ4v) is 6.05. The number of hydrogen-bond donors (Lipinski definition) is 0. The lowest BCUT2D eigenvalue weighted by molar-refractivity contribution is 0.473. The summed E-state index contributed by atoms with van der Waals surface area (Å²) < 4.78 is 2.04. The standard InChI is InChI=1S/C37H28ClN5/c1-25-18-19-26(2)41-34(25)27-20-21-33(39-23-27)35-32-22-31(38)24-40-36(32)43(42-35)37(28-12-6-3-7-13-28,29-14-8-4-9-15-29)30-16-10-5-11-17-30/h3-24H,1-2H3. The van der Waals surface area contributed by atoms with Gasteiger partial charge in [0.1, 0.15) is 11.2 Å². The van der Waals surface area contributed by atoms with Crippen LogP contribution in [0.25, 0.3) is 33.7 Å². The van der Waals surface area contributed by atoms with Gasteiger partial charge in [-0.05, 0) is 60.4 Å². The Hall–Kier alpha value is -5.13. The first kappa shape index (κ1) is 26.7. The fourth-order valence-electron chi connectivity index (χ4n) is 5.90. The predicted molar refractivity (Wildman–Crippen MR) is 173 cm³/mol. The van der Waals surface area contributed by atoms with Crippen molar-refractivity contribution in [2.24, 2.45) is 0 Å². The van der Waals surface area contributed by atoms with Crippen LogP contribution < -0.4 is 0 Å². The van der Waals surface area contributed by atoms with Crippen LogP contribution in [0, 0.1) is 13.8 Å². The van der Waals surface area contributed by atoms with E-state index in [4.69, 9.17) is 31.7 Å². The van der Waals surface area contributed by atoms with Crippen LogP contribution in [0.3, 0.4) is 0 Å². The molecule has 0 N–H and O–H groups in total. The molecule has 0 fully saturated rings. The SMILES string of the molecule is Cc1ccc(C)c(-c2ccc(-c3nn(C(c4ccccc4)(c4ccccc4)c4ccccc4)c4ncc(Cl)cc34)nc2)n1. The zero-order valence-electron chi connectivity index (χ0n) is 23.8. The second-order valence-electron chi connectivity index (χ2n) is 10.6. The Balaban J connectivity index is 1.52. The molecular weight excluding hydrogens is 550 g/mol. The van der Waals surface area contributed by atoms with E-state index in [9.17, 15) is 0 Å². The number of hydrogen-bond acceptors (Lipinski definition) is 4. The summed E-state index contributed by atoms with van der Waals surface area (Å²) in [5, 5.41) is 6.71. The third-order valence-electron chi connectivity index (χ3n) is 7.90. The van der Waals surface area contributed by atoms with E-state index in [0.29, 0.717) is 16.4 Å². The van der Waals surface area contributed by atoms with Crippen molar-refractivity contribution in [1.82, 2.24) is 24.7 Å². The Morgan fingerprint density at radius 1 is 0.628 bits per heavy atom. The molecule has 0 aliphatic heterocycles. The molecule has 0 aliphatic carbocycles. The number of aryl methyl sites for hydroxylation is 2. The highest BCUT2D eigenvalue weighted by atomic mass is 35.5. The number of benzene rings is 3. The van der Waals surface area contributed by atoms with Gasteiger partial charge < -0.3 is 0 Å². The van der Waals surface area contributed by atoms with Crippen molar-refractivity contribution in [1.29, 1.82) is 0 Å². The maximum absolute atomic E-state index is 6.56. The number of nitrogens with zero attached hydrogens (tertiary/aromatic N) is 5. The molecule has 43 heavy (non-hydrogen) atoms. The molecule has 0 aliphatic rings. The summed E-state index contributed by atoms with van der Waals surface area (Å²) in [7, 11) is 0. The van der Waals surface area contributed by atoms with Crippen molar-refractivity contribution in [3.05, 3.63) is 167 Å². The molecule has 0 amide bonds. The van der Waals surface area contributed by atoms with E-state index in [0.717, 1.165) is 50.3 Å². The Bertz CT molecular complexity index is 1940. The number of halogens is 1. The lowest BCUT2D eigenvalue weighted by Gasteiger charge is -2.36. The third kappa shape index (κ3) is 4.59. The van der Waals surface area contributed by atoms with E-state index >= 15 is 0 Å². The van der Waals surface area contributed by atoms with Crippen LogP contribution in [-0.4, -0.2) is 24.7 Å². The van der Waals surface area contributed by atoms with E-state index in [2.05, 4.69) is 91.9 Å². The van der Waals surface area contributed by atoms with Crippen molar-refractivity contribution in [3.63, 3.8) is 0 Å². The van der Waals surface area contributed by atoms with Crippen LogP contribution in [-0.2, 0) is 5.54 Å². The minimum atomic E-state index is -0.830. The number of fused-ring (bicyclic) bond motifs is 1. The van der Waals surface area contributed by atoms with E-state index in [1.807, 2.05) is 54.2 Å². The van der Waals surface area contributed by atoms with E-state index in [1.54, 1.807) is 6.20 Å². The van der Waals surface area contributed by atoms with Crippen LogP contribution in [0.5, 0.6) is 0 Å².